The van der Waals surface area contributed by atoms with Gasteiger partial charge >= 0.3 is 0 Å². The van der Waals surface area contributed by atoms with Gasteiger partial charge in [0.15, 0.2) is 17.4 Å². The molecule has 0 bridgehead atoms. The fraction of sp³-hybridized carbons (Fsp3) is 0.417. The molecule has 1 aromatic rings. The largest absolute Gasteiger partial charge is 0.310 e. The molecule has 1 aromatic carbocycles. The van der Waals surface area contributed by atoms with Crippen molar-refractivity contribution in [2.24, 2.45) is 0 Å². The molecule has 0 unspecified atom stereocenters. The van der Waals surface area contributed by atoms with Crippen molar-refractivity contribution >= 4 is 5.78 Å². The molecule has 88 valence electrons. The smallest absolute Gasteiger partial charge is 0.176 e. The topological polar surface area (TPSA) is 29.1 Å². The van der Waals surface area contributed by atoms with Crippen LogP contribution in [0.1, 0.15) is 30.1 Å². The van der Waals surface area contributed by atoms with Gasteiger partial charge in [0.1, 0.15) is 0 Å². The van der Waals surface area contributed by atoms with Crippen LogP contribution in [0, 0.1) is 11.6 Å². The predicted octanol–water partition coefficient (Wildman–Crippen LogP) is 2.54. The molecule has 0 atom stereocenters. The molecule has 1 N–H and O–H groups in total. The van der Waals surface area contributed by atoms with E-state index < -0.39 is 11.6 Å². The van der Waals surface area contributed by atoms with Crippen LogP contribution in [0.15, 0.2) is 18.2 Å². The number of halogens is 2. The molecule has 0 aliphatic carbocycles. The van der Waals surface area contributed by atoms with Crippen molar-refractivity contribution in [2.45, 2.75) is 19.8 Å². The van der Waals surface area contributed by atoms with E-state index >= 15 is 0 Å². The number of carbonyl (C=O) groups is 1. The number of nitrogens with one attached hydrogen (secondary N) is 1. The number of hydrogen-bond acceptors (Lipinski definition) is 2. The first-order valence-electron chi connectivity index (χ1n) is 5.34. The summed E-state index contributed by atoms with van der Waals surface area (Å²) in [6.45, 7) is 2.97. The molecule has 0 aliphatic heterocycles. The number of hydrogen-bond donors (Lipinski definition) is 1. The van der Waals surface area contributed by atoms with Gasteiger partial charge in [-0.3, -0.25) is 4.79 Å². The van der Waals surface area contributed by atoms with Gasteiger partial charge in [0.05, 0.1) is 6.54 Å². The number of unbranched alkanes of at least 4 members (excludes halogenated alkanes) is 1. The lowest BCUT2D eigenvalue weighted by Crippen LogP contribution is -2.24. The normalized spacial score (nSPS) is 10.4. The molecule has 0 fully saturated rings. The van der Waals surface area contributed by atoms with Gasteiger partial charge in [-0.05, 0) is 31.2 Å². The van der Waals surface area contributed by atoms with Crippen molar-refractivity contribution in [3.63, 3.8) is 0 Å². The van der Waals surface area contributed by atoms with Gasteiger partial charge in [-0.2, -0.15) is 0 Å². The van der Waals surface area contributed by atoms with Crippen molar-refractivity contribution in [3.8, 4) is 0 Å². The predicted molar refractivity (Wildman–Crippen MR) is 58.5 cm³/mol. The van der Waals surface area contributed by atoms with E-state index in [1.807, 2.05) is 0 Å². The zero-order valence-corrected chi connectivity index (χ0v) is 9.22. The van der Waals surface area contributed by atoms with Crippen molar-refractivity contribution in [1.82, 2.24) is 5.32 Å². The van der Waals surface area contributed by atoms with Crippen LogP contribution >= 0.6 is 0 Å². The molecule has 0 saturated heterocycles. The van der Waals surface area contributed by atoms with Crippen molar-refractivity contribution in [2.75, 3.05) is 13.1 Å². The average molecular weight is 227 g/mol. The fourth-order valence-electron chi connectivity index (χ4n) is 1.28. The van der Waals surface area contributed by atoms with Crippen LogP contribution in [0.25, 0.3) is 0 Å². The lowest BCUT2D eigenvalue weighted by atomic mass is 10.1. The van der Waals surface area contributed by atoms with Crippen molar-refractivity contribution < 1.29 is 13.6 Å². The highest BCUT2D eigenvalue weighted by Gasteiger charge is 2.08. The highest BCUT2D eigenvalue weighted by atomic mass is 19.2. The second-order valence-electron chi connectivity index (χ2n) is 3.58. The van der Waals surface area contributed by atoms with E-state index in [1.165, 1.54) is 6.07 Å². The van der Waals surface area contributed by atoms with Crippen LogP contribution in [0.2, 0.25) is 0 Å². The van der Waals surface area contributed by atoms with E-state index in [9.17, 15) is 13.6 Å². The Balaban J connectivity index is 2.50. The van der Waals surface area contributed by atoms with Gasteiger partial charge in [-0.15, -0.1) is 0 Å². The number of ketones is 1. The van der Waals surface area contributed by atoms with Gasteiger partial charge in [0.25, 0.3) is 0 Å². The second-order valence-corrected chi connectivity index (χ2v) is 3.58. The van der Waals surface area contributed by atoms with Gasteiger partial charge < -0.3 is 5.32 Å². The first kappa shape index (κ1) is 12.8. The summed E-state index contributed by atoms with van der Waals surface area (Å²) in [5.74, 6) is -2.15. The molecule has 0 aliphatic rings. The van der Waals surface area contributed by atoms with Gasteiger partial charge in [-0.25, -0.2) is 8.78 Å². The molecule has 0 spiro atoms. The third-order valence-electron chi connectivity index (χ3n) is 2.23. The highest BCUT2D eigenvalue weighted by molar-refractivity contribution is 5.97. The molecule has 0 heterocycles. The molecule has 0 saturated carbocycles. The maximum Gasteiger partial charge on any atom is 0.176 e. The Labute approximate surface area is 93.7 Å². The van der Waals surface area contributed by atoms with E-state index in [2.05, 4.69) is 12.2 Å². The molecular weight excluding hydrogens is 212 g/mol. The lowest BCUT2D eigenvalue weighted by molar-refractivity contribution is 0.0990. The van der Waals surface area contributed by atoms with Crippen LogP contribution in [0.3, 0.4) is 0 Å². The standard InChI is InChI=1S/C12H15F2NO/c1-2-3-6-15-8-12(16)9-4-5-10(13)11(14)7-9/h4-5,7,15H,2-3,6,8H2,1H3. The first-order chi connectivity index (χ1) is 7.65. The van der Waals surface area contributed by atoms with Crippen LogP contribution in [-0.4, -0.2) is 18.9 Å². The molecular formula is C12H15F2NO. The van der Waals surface area contributed by atoms with Gasteiger partial charge in [0, 0.05) is 5.56 Å². The average Bonchev–Trinajstić information content (AvgIpc) is 2.28. The zero-order valence-electron chi connectivity index (χ0n) is 9.22. The molecule has 0 amide bonds. The SMILES string of the molecule is CCCCNCC(=O)c1ccc(F)c(F)c1. The highest BCUT2D eigenvalue weighted by Crippen LogP contribution is 2.08. The molecule has 16 heavy (non-hydrogen) atoms. The summed E-state index contributed by atoms with van der Waals surface area (Å²) in [6.07, 6.45) is 2.04. The number of Topliss-reactive ketones (excluding diaryl/α,β-unsaturated/α-hetero) is 1. The summed E-state index contributed by atoms with van der Waals surface area (Å²) in [5, 5.41) is 2.95. The van der Waals surface area contributed by atoms with E-state index in [0.717, 1.165) is 31.5 Å². The molecule has 0 radical (unpaired) electrons. The van der Waals surface area contributed by atoms with E-state index in [4.69, 9.17) is 0 Å². The zero-order chi connectivity index (χ0) is 12.0. The minimum atomic E-state index is -0.987. The number of rotatable bonds is 6. The maximum atomic E-state index is 12.8. The summed E-state index contributed by atoms with van der Waals surface area (Å²) < 4.78 is 25.4. The van der Waals surface area contributed by atoms with Crippen molar-refractivity contribution in [1.29, 1.82) is 0 Å². The Morgan fingerprint density at radius 3 is 2.69 bits per heavy atom. The Hall–Kier alpha value is -1.29. The Bertz CT molecular complexity index is 366. The van der Waals surface area contributed by atoms with E-state index in [0.29, 0.717) is 0 Å². The summed E-state index contributed by atoms with van der Waals surface area (Å²) in [7, 11) is 0. The molecule has 2 nitrogen and oxygen atoms in total. The second kappa shape index (κ2) is 6.33. The van der Waals surface area contributed by atoms with Crippen LogP contribution in [0.4, 0.5) is 8.78 Å². The summed E-state index contributed by atoms with van der Waals surface area (Å²) in [5.41, 5.74) is 0.197. The van der Waals surface area contributed by atoms with E-state index in [1.54, 1.807) is 0 Å². The Kier molecular flexibility index (Phi) is 5.05. The fourth-order valence-corrected chi connectivity index (χ4v) is 1.28. The van der Waals surface area contributed by atoms with Gasteiger partial charge in [0.2, 0.25) is 0 Å². The quantitative estimate of drug-likeness (QED) is 0.597. The number of benzene rings is 1. The summed E-state index contributed by atoms with van der Waals surface area (Å²) in [6, 6.07) is 3.19. The monoisotopic (exact) mass is 227 g/mol. The summed E-state index contributed by atoms with van der Waals surface area (Å²) >= 11 is 0. The van der Waals surface area contributed by atoms with E-state index in [-0.39, 0.29) is 17.9 Å². The van der Waals surface area contributed by atoms with Crippen LogP contribution in [0.5, 0.6) is 0 Å². The van der Waals surface area contributed by atoms with Crippen LogP contribution in [-0.2, 0) is 0 Å². The Morgan fingerprint density at radius 1 is 1.31 bits per heavy atom. The maximum absolute atomic E-state index is 12.8. The van der Waals surface area contributed by atoms with Gasteiger partial charge in [-0.1, -0.05) is 13.3 Å². The minimum absolute atomic E-state index is 0.158. The lowest BCUT2D eigenvalue weighted by Gasteiger charge is -2.03. The first-order valence-corrected chi connectivity index (χ1v) is 5.34. The van der Waals surface area contributed by atoms with Crippen molar-refractivity contribution in [3.05, 3.63) is 35.4 Å². The Morgan fingerprint density at radius 2 is 2.06 bits per heavy atom. The molecule has 1 rings (SSSR count). The summed E-state index contributed by atoms with van der Waals surface area (Å²) in [4.78, 5) is 11.5. The number of carbonyl (C=O) groups excluding carboxylic acids is 1. The third-order valence-corrected chi connectivity index (χ3v) is 2.23. The molecule has 4 heteroatoms. The minimum Gasteiger partial charge on any atom is -0.310 e. The third kappa shape index (κ3) is 3.70. The van der Waals surface area contributed by atoms with Crippen LogP contribution < -0.4 is 5.32 Å². The molecule has 0 aromatic heterocycles.